The van der Waals surface area contributed by atoms with E-state index in [1.54, 1.807) is 24.9 Å². The third-order valence-electron chi connectivity index (χ3n) is 6.79. The summed E-state index contributed by atoms with van der Waals surface area (Å²) in [5.74, 6) is 1.62. The second-order valence-electron chi connectivity index (χ2n) is 10.4. The number of hydrogen-bond donors (Lipinski definition) is 3. The molecule has 5 heterocycles. The number of β-amino-alcohol motifs (C(OH)–C–C–N with tert-alkyl or cyclic N) is 1. The predicted octanol–water partition coefficient (Wildman–Crippen LogP) is 2.90. The van der Waals surface area contributed by atoms with Gasteiger partial charge < -0.3 is 25.4 Å². The van der Waals surface area contributed by atoms with Crippen molar-refractivity contribution in [2.24, 2.45) is 0 Å². The highest BCUT2D eigenvalue weighted by Gasteiger charge is 2.27. The minimum atomic E-state index is -0.942. The molecule has 2 aliphatic rings. The maximum atomic E-state index is 12.7. The van der Waals surface area contributed by atoms with Crippen LogP contribution in [-0.4, -0.2) is 72.5 Å². The number of aromatic nitrogens is 5. The molecule has 0 aliphatic carbocycles. The summed E-state index contributed by atoms with van der Waals surface area (Å²) >= 11 is 0. The molecule has 0 saturated heterocycles. The highest BCUT2D eigenvalue weighted by atomic mass is 16.5. The largest absolute Gasteiger partial charge is 0.474 e. The van der Waals surface area contributed by atoms with Crippen molar-refractivity contribution in [3.63, 3.8) is 0 Å². The lowest BCUT2D eigenvalue weighted by molar-refractivity contribution is -0.133. The molecule has 0 saturated carbocycles. The summed E-state index contributed by atoms with van der Waals surface area (Å²) in [6.45, 7) is 8.16. The van der Waals surface area contributed by atoms with Crippen molar-refractivity contribution in [3.8, 4) is 17.0 Å². The highest BCUT2D eigenvalue weighted by molar-refractivity contribution is 5.86. The van der Waals surface area contributed by atoms with E-state index in [1.165, 1.54) is 0 Å². The number of carbonyl (C=O) groups excluding carboxylic acids is 1. The first-order chi connectivity index (χ1) is 18.2. The van der Waals surface area contributed by atoms with Gasteiger partial charge in [-0.05, 0) is 38.0 Å². The van der Waals surface area contributed by atoms with E-state index in [0.717, 1.165) is 45.5 Å². The van der Waals surface area contributed by atoms with Gasteiger partial charge in [0.25, 0.3) is 0 Å². The summed E-state index contributed by atoms with van der Waals surface area (Å²) < 4.78 is 7.49. The Labute approximate surface area is 219 Å². The van der Waals surface area contributed by atoms with Crippen LogP contribution >= 0.6 is 0 Å². The van der Waals surface area contributed by atoms with Crippen molar-refractivity contribution < 1.29 is 14.6 Å². The van der Waals surface area contributed by atoms with Crippen molar-refractivity contribution in [3.05, 3.63) is 47.9 Å². The minimum absolute atomic E-state index is 0.0273. The van der Waals surface area contributed by atoms with Gasteiger partial charge in [0.2, 0.25) is 17.7 Å². The van der Waals surface area contributed by atoms with E-state index >= 15 is 0 Å². The number of aliphatic hydroxyl groups is 1. The Balaban J connectivity index is 1.23. The first kappa shape index (κ1) is 24.1. The highest BCUT2D eigenvalue weighted by Crippen LogP contribution is 2.36. The van der Waals surface area contributed by atoms with E-state index in [1.807, 2.05) is 35.1 Å². The van der Waals surface area contributed by atoms with Crippen LogP contribution in [0, 0.1) is 6.92 Å². The van der Waals surface area contributed by atoms with Crippen LogP contribution in [0.2, 0.25) is 0 Å². The number of amides is 1. The number of rotatable bonds is 5. The number of hydrogen-bond acceptors (Lipinski definition) is 9. The van der Waals surface area contributed by atoms with Gasteiger partial charge in [-0.15, -0.1) is 0 Å². The summed E-state index contributed by atoms with van der Waals surface area (Å²) in [4.78, 5) is 28.1. The molecule has 3 aromatic heterocycles. The predicted molar refractivity (Wildman–Crippen MR) is 144 cm³/mol. The van der Waals surface area contributed by atoms with E-state index in [9.17, 15) is 9.90 Å². The van der Waals surface area contributed by atoms with Gasteiger partial charge in [0.1, 0.15) is 12.3 Å². The Morgan fingerprint density at radius 3 is 2.89 bits per heavy atom. The summed E-state index contributed by atoms with van der Waals surface area (Å²) in [6, 6.07) is 7.93. The van der Waals surface area contributed by atoms with Gasteiger partial charge in [-0.3, -0.25) is 9.48 Å². The zero-order chi connectivity index (χ0) is 26.4. The number of ether oxygens (including phenoxy) is 1. The van der Waals surface area contributed by atoms with Crippen molar-refractivity contribution in [2.75, 3.05) is 36.9 Å². The molecule has 0 atom stereocenters. The molecule has 11 heteroatoms. The van der Waals surface area contributed by atoms with Crippen LogP contribution in [0.3, 0.4) is 0 Å². The molecule has 196 valence electrons. The van der Waals surface area contributed by atoms with Gasteiger partial charge in [-0.1, -0.05) is 12.1 Å². The summed E-state index contributed by atoms with van der Waals surface area (Å²) in [7, 11) is 0. The van der Waals surface area contributed by atoms with E-state index in [4.69, 9.17) is 9.72 Å². The number of benzene rings is 1. The maximum Gasteiger partial charge on any atom is 0.237 e. The second kappa shape index (κ2) is 9.25. The first-order valence-electron chi connectivity index (χ1n) is 12.7. The number of pyridine rings is 1. The lowest BCUT2D eigenvalue weighted by Gasteiger charge is -2.27. The quantitative estimate of drug-likeness (QED) is 0.368. The summed E-state index contributed by atoms with van der Waals surface area (Å²) in [5.41, 5.74) is 4.69. The Morgan fingerprint density at radius 2 is 2.05 bits per heavy atom. The van der Waals surface area contributed by atoms with Crippen LogP contribution in [0.4, 0.5) is 17.5 Å². The third-order valence-corrected chi connectivity index (χ3v) is 6.79. The molecular formula is C27H30N8O3. The van der Waals surface area contributed by atoms with Crippen molar-refractivity contribution >= 4 is 34.3 Å². The molecule has 1 aromatic carbocycles. The molecule has 0 bridgehead atoms. The van der Waals surface area contributed by atoms with Crippen LogP contribution in [0.5, 0.6) is 5.88 Å². The molecule has 0 spiro atoms. The van der Waals surface area contributed by atoms with E-state index < -0.39 is 5.60 Å². The average molecular weight is 515 g/mol. The van der Waals surface area contributed by atoms with Crippen molar-refractivity contribution in [1.82, 2.24) is 29.6 Å². The molecule has 3 N–H and O–H groups in total. The third kappa shape index (κ3) is 4.72. The van der Waals surface area contributed by atoms with E-state index in [-0.39, 0.29) is 12.3 Å². The number of anilines is 3. The fourth-order valence-corrected chi connectivity index (χ4v) is 4.97. The number of nitrogens with one attached hydrogen (secondary N) is 2. The fourth-order valence-electron chi connectivity index (χ4n) is 4.97. The zero-order valence-corrected chi connectivity index (χ0v) is 21.7. The molecule has 0 fully saturated rings. The molecule has 0 unspecified atom stereocenters. The Bertz CT molecular complexity index is 1540. The van der Waals surface area contributed by atoms with Crippen LogP contribution < -0.4 is 15.4 Å². The van der Waals surface area contributed by atoms with Crippen LogP contribution in [0.25, 0.3) is 22.0 Å². The van der Waals surface area contributed by atoms with Crippen LogP contribution in [-0.2, 0) is 17.8 Å². The molecule has 0 radical (unpaired) electrons. The first-order valence-corrected chi connectivity index (χ1v) is 12.7. The maximum absolute atomic E-state index is 12.7. The van der Waals surface area contributed by atoms with E-state index in [0.29, 0.717) is 43.9 Å². The SMILES string of the molecule is Cc1c(-c2ccc3cnc(Nc4cc5n(n4)CCN(CC(C)(C)O)C(=O)C5)nc3c2)cnc2c1NCCO2. The number of nitrogens with zero attached hydrogens (tertiary/aromatic N) is 6. The van der Waals surface area contributed by atoms with Crippen molar-refractivity contribution in [2.45, 2.75) is 39.3 Å². The molecule has 1 amide bonds. The standard InChI is InChI=1S/C27H30N8O3/c1-16-20(14-29-25-24(16)28-6-9-38-25)17-4-5-18-13-30-26(31-21(18)10-17)32-22-11-19-12-23(36)34(15-27(2,3)37)7-8-35(19)33-22/h4-5,10-11,13-14,28,37H,6-9,12,15H2,1-3H3,(H,30,31,32,33). The molecule has 4 aromatic rings. The van der Waals surface area contributed by atoms with Gasteiger partial charge >= 0.3 is 0 Å². The van der Waals surface area contributed by atoms with Gasteiger partial charge in [0.15, 0.2) is 5.82 Å². The second-order valence-corrected chi connectivity index (χ2v) is 10.4. The minimum Gasteiger partial charge on any atom is -0.474 e. The Kier molecular flexibility index (Phi) is 5.87. The molecule has 11 nitrogen and oxygen atoms in total. The number of fused-ring (bicyclic) bond motifs is 3. The molecular weight excluding hydrogens is 484 g/mol. The lowest BCUT2D eigenvalue weighted by Crippen LogP contribution is -2.43. The van der Waals surface area contributed by atoms with Gasteiger partial charge in [0, 0.05) is 49.0 Å². The molecule has 6 rings (SSSR count). The lowest BCUT2D eigenvalue weighted by atomic mass is 10.00. The van der Waals surface area contributed by atoms with Crippen molar-refractivity contribution in [1.29, 1.82) is 0 Å². The van der Waals surface area contributed by atoms with Gasteiger partial charge in [-0.25, -0.2) is 15.0 Å². The van der Waals surface area contributed by atoms with Crippen LogP contribution in [0.15, 0.2) is 36.7 Å². The zero-order valence-electron chi connectivity index (χ0n) is 21.7. The molecule has 2 aliphatic heterocycles. The van der Waals surface area contributed by atoms with Crippen LogP contribution in [0.1, 0.15) is 25.1 Å². The summed E-state index contributed by atoms with van der Waals surface area (Å²) in [6.07, 6.45) is 3.84. The smallest absolute Gasteiger partial charge is 0.237 e. The number of carbonyl (C=O) groups is 1. The topological polar surface area (TPSA) is 130 Å². The summed E-state index contributed by atoms with van der Waals surface area (Å²) in [5, 5.41) is 22.2. The molecule has 38 heavy (non-hydrogen) atoms. The normalized spacial score (nSPS) is 15.4. The average Bonchev–Trinajstić information content (AvgIpc) is 3.20. The van der Waals surface area contributed by atoms with E-state index in [2.05, 4.69) is 32.6 Å². The Morgan fingerprint density at radius 1 is 1.18 bits per heavy atom. The van der Waals surface area contributed by atoms with Gasteiger partial charge in [0.05, 0.1) is 29.8 Å². The monoisotopic (exact) mass is 514 g/mol. The fraction of sp³-hybridized carbons (Fsp3) is 0.370. The Hall–Kier alpha value is -4.25. The van der Waals surface area contributed by atoms with Gasteiger partial charge in [-0.2, -0.15) is 5.10 Å².